The fourth-order valence-corrected chi connectivity index (χ4v) is 2.36. The Morgan fingerprint density at radius 1 is 1.10 bits per heavy atom. The molecular weight excluding hydrogens is 401 g/mol. The van der Waals surface area contributed by atoms with E-state index in [9.17, 15) is 13.2 Å². The van der Waals surface area contributed by atoms with E-state index in [1.807, 2.05) is 38.4 Å². The molecule has 0 aliphatic rings. The Hall–Kier alpha value is -3.27. The molecule has 0 aliphatic heterocycles. The van der Waals surface area contributed by atoms with Crippen LogP contribution in [0.4, 0.5) is 13.2 Å². The number of halogens is 3. The summed E-state index contributed by atoms with van der Waals surface area (Å²) in [5.74, 6) is 0.459. The predicted molar refractivity (Wildman–Crippen MR) is 109 cm³/mol. The fourth-order valence-electron chi connectivity index (χ4n) is 2.30. The lowest BCUT2D eigenvalue weighted by molar-refractivity contribution is -0.137. The molecule has 1 heterocycles. The molecule has 1 N–H and O–H groups in total. The second-order valence-electron chi connectivity index (χ2n) is 6.25. The summed E-state index contributed by atoms with van der Waals surface area (Å²) in [4.78, 5) is 5.96. The molecule has 2 aromatic carbocycles. The number of nitrogens with zero attached hydrogens (tertiary/aromatic N) is 5. The molecule has 0 unspecified atom stereocenters. The Balaban J connectivity index is 1.70. The van der Waals surface area contributed by atoms with Gasteiger partial charge in [-0.05, 0) is 42.0 Å². The Morgan fingerprint density at radius 3 is 2.34 bits per heavy atom. The lowest BCUT2D eigenvalue weighted by atomic mass is 10.1. The average Bonchev–Trinajstić information content (AvgIpc) is 3.18. The number of rotatable bonds is 4. The fraction of sp³-hybridized carbons (Fsp3) is 0.158. The molecule has 0 saturated carbocycles. The van der Waals surface area contributed by atoms with E-state index < -0.39 is 11.7 Å². The Morgan fingerprint density at radius 2 is 1.76 bits per heavy atom. The van der Waals surface area contributed by atoms with Gasteiger partial charge in [0.05, 0.1) is 17.5 Å². The van der Waals surface area contributed by atoms with Crippen LogP contribution >= 0.6 is 12.2 Å². The van der Waals surface area contributed by atoms with Gasteiger partial charge in [-0.25, -0.2) is 9.67 Å². The molecule has 0 atom stereocenters. The van der Waals surface area contributed by atoms with Crippen molar-refractivity contribution in [1.82, 2.24) is 25.1 Å². The van der Waals surface area contributed by atoms with Gasteiger partial charge in [0, 0.05) is 19.7 Å². The summed E-state index contributed by atoms with van der Waals surface area (Å²) in [5.41, 5.74) is 4.14. The molecule has 3 rings (SSSR count). The number of nitrogens with one attached hydrogen (secondary N) is 1. The number of hydrogen-bond donors (Lipinski definition) is 1. The molecule has 10 heteroatoms. The van der Waals surface area contributed by atoms with E-state index in [2.05, 4.69) is 20.6 Å². The summed E-state index contributed by atoms with van der Waals surface area (Å²) in [7, 11) is 3.63. The third kappa shape index (κ3) is 5.17. The zero-order chi connectivity index (χ0) is 21.0. The Bertz CT molecular complexity index is 1010. The van der Waals surface area contributed by atoms with Crippen LogP contribution in [0.15, 0.2) is 60.0 Å². The minimum absolute atomic E-state index is 0.459. The number of benzene rings is 2. The molecular formula is C19H17F3N6S. The normalized spacial score (nSPS) is 11.6. The minimum Gasteiger partial charge on any atom is -0.354 e. The number of thiocarbonyl (C=S) groups is 1. The van der Waals surface area contributed by atoms with E-state index in [0.29, 0.717) is 16.6 Å². The van der Waals surface area contributed by atoms with Crippen LogP contribution in [-0.4, -0.2) is 45.1 Å². The molecule has 6 nitrogen and oxygen atoms in total. The molecule has 0 saturated heterocycles. The lowest BCUT2D eigenvalue weighted by Crippen LogP contribution is -2.30. The van der Waals surface area contributed by atoms with Gasteiger partial charge in [0.1, 0.15) is 6.33 Å². The van der Waals surface area contributed by atoms with Crippen LogP contribution < -0.4 is 5.43 Å². The van der Waals surface area contributed by atoms with Crippen LogP contribution in [0, 0.1) is 0 Å². The van der Waals surface area contributed by atoms with Gasteiger partial charge in [-0.3, -0.25) is 5.43 Å². The zero-order valence-corrected chi connectivity index (χ0v) is 16.4. The first-order valence-electron chi connectivity index (χ1n) is 8.44. The quantitative estimate of drug-likeness (QED) is 0.398. The molecule has 150 valence electrons. The number of aromatic nitrogens is 3. The summed E-state index contributed by atoms with van der Waals surface area (Å²) in [6, 6.07) is 12.1. The molecule has 0 fully saturated rings. The molecule has 0 spiro atoms. The van der Waals surface area contributed by atoms with E-state index >= 15 is 0 Å². The first-order valence-corrected chi connectivity index (χ1v) is 8.85. The van der Waals surface area contributed by atoms with Crippen molar-refractivity contribution in [3.8, 4) is 17.1 Å². The monoisotopic (exact) mass is 418 g/mol. The maximum Gasteiger partial charge on any atom is 0.416 e. The second kappa shape index (κ2) is 8.39. The van der Waals surface area contributed by atoms with Crippen molar-refractivity contribution in [3.63, 3.8) is 0 Å². The lowest BCUT2D eigenvalue weighted by Gasteiger charge is -2.11. The van der Waals surface area contributed by atoms with E-state index in [1.165, 1.54) is 23.1 Å². The molecule has 0 radical (unpaired) electrons. The summed E-state index contributed by atoms with van der Waals surface area (Å²) < 4.78 is 39.5. The number of hydrazone groups is 1. The highest BCUT2D eigenvalue weighted by Gasteiger charge is 2.30. The average molecular weight is 418 g/mol. The van der Waals surface area contributed by atoms with E-state index in [0.717, 1.165) is 23.3 Å². The second-order valence-corrected chi connectivity index (χ2v) is 6.64. The van der Waals surface area contributed by atoms with Gasteiger partial charge in [0.2, 0.25) is 0 Å². The topological polar surface area (TPSA) is 58.3 Å². The largest absolute Gasteiger partial charge is 0.416 e. The van der Waals surface area contributed by atoms with Crippen LogP contribution in [0.2, 0.25) is 0 Å². The first kappa shape index (κ1) is 20.5. The summed E-state index contributed by atoms with van der Waals surface area (Å²) >= 11 is 5.07. The molecule has 3 aromatic rings. The SMILES string of the molecule is CN(C)C(=S)N/N=C/c1ccc(-c2ncn(-c3ccc(C(F)(F)F)cc3)n2)cc1. The highest BCUT2D eigenvalue weighted by Crippen LogP contribution is 2.29. The van der Waals surface area contributed by atoms with Gasteiger partial charge in [0.25, 0.3) is 0 Å². The van der Waals surface area contributed by atoms with Gasteiger partial charge in [0.15, 0.2) is 10.9 Å². The third-order valence-electron chi connectivity index (χ3n) is 3.90. The standard InChI is InChI=1S/C19H17F3N6S/c1-27(2)18(29)25-24-11-13-3-5-14(6-4-13)17-23-12-28(26-17)16-9-7-15(8-10-16)19(20,21)22/h3-12H,1-2H3,(H,25,29)/b24-11+. The van der Waals surface area contributed by atoms with Crippen molar-refractivity contribution in [3.05, 3.63) is 66.0 Å². The van der Waals surface area contributed by atoms with Crippen molar-refractivity contribution in [2.24, 2.45) is 5.10 Å². The Kier molecular flexibility index (Phi) is 5.92. The predicted octanol–water partition coefficient (Wildman–Crippen LogP) is 3.72. The van der Waals surface area contributed by atoms with Crippen LogP contribution in [0.5, 0.6) is 0 Å². The van der Waals surface area contributed by atoms with Crippen LogP contribution in [-0.2, 0) is 6.18 Å². The van der Waals surface area contributed by atoms with E-state index in [4.69, 9.17) is 12.2 Å². The van der Waals surface area contributed by atoms with Gasteiger partial charge in [-0.1, -0.05) is 24.3 Å². The molecule has 29 heavy (non-hydrogen) atoms. The maximum atomic E-state index is 12.7. The van der Waals surface area contributed by atoms with E-state index in [1.54, 1.807) is 11.1 Å². The van der Waals surface area contributed by atoms with Crippen LogP contribution in [0.25, 0.3) is 17.1 Å². The summed E-state index contributed by atoms with van der Waals surface area (Å²) in [6.45, 7) is 0. The van der Waals surface area contributed by atoms with Crippen LogP contribution in [0.3, 0.4) is 0 Å². The van der Waals surface area contributed by atoms with Gasteiger partial charge < -0.3 is 4.90 Å². The highest BCUT2D eigenvalue weighted by molar-refractivity contribution is 7.80. The third-order valence-corrected chi connectivity index (χ3v) is 4.36. The van der Waals surface area contributed by atoms with Crippen molar-refractivity contribution in [2.75, 3.05) is 14.1 Å². The zero-order valence-electron chi connectivity index (χ0n) is 15.6. The first-order chi connectivity index (χ1) is 13.7. The maximum absolute atomic E-state index is 12.7. The van der Waals surface area contributed by atoms with Gasteiger partial charge >= 0.3 is 6.18 Å². The van der Waals surface area contributed by atoms with Gasteiger partial charge in [-0.2, -0.15) is 18.3 Å². The van der Waals surface area contributed by atoms with E-state index in [-0.39, 0.29) is 0 Å². The highest BCUT2D eigenvalue weighted by atomic mass is 32.1. The molecule has 0 aliphatic carbocycles. The van der Waals surface area contributed by atoms with Gasteiger partial charge in [-0.15, -0.1) is 5.10 Å². The van der Waals surface area contributed by atoms with Crippen molar-refractivity contribution in [1.29, 1.82) is 0 Å². The number of hydrogen-bond acceptors (Lipinski definition) is 4. The smallest absolute Gasteiger partial charge is 0.354 e. The van der Waals surface area contributed by atoms with Crippen LogP contribution in [0.1, 0.15) is 11.1 Å². The Labute approximate surface area is 170 Å². The van der Waals surface area contributed by atoms with Crippen molar-refractivity contribution in [2.45, 2.75) is 6.18 Å². The summed E-state index contributed by atoms with van der Waals surface area (Å²) in [5, 5.41) is 8.89. The molecule has 0 amide bonds. The van der Waals surface area contributed by atoms with Crippen molar-refractivity contribution < 1.29 is 13.2 Å². The molecule has 0 bridgehead atoms. The number of alkyl halides is 3. The minimum atomic E-state index is -4.37. The molecule has 1 aromatic heterocycles. The summed E-state index contributed by atoms with van der Waals surface area (Å²) in [6.07, 6.45) is -1.28. The van der Waals surface area contributed by atoms with Crippen molar-refractivity contribution >= 4 is 23.5 Å².